The number of nitrogens with zero attached hydrogens (tertiary/aromatic N) is 1. The molecule has 2 atom stereocenters. The van der Waals surface area contributed by atoms with Gasteiger partial charge in [-0.05, 0) is 25.0 Å². The van der Waals surface area contributed by atoms with E-state index in [-0.39, 0.29) is 0 Å². The Hall–Kier alpha value is -0.440. The summed E-state index contributed by atoms with van der Waals surface area (Å²) in [5, 5.41) is 4.82. The van der Waals surface area contributed by atoms with Gasteiger partial charge in [-0.3, -0.25) is 0 Å². The van der Waals surface area contributed by atoms with E-state index < -0.39 is 0 Å². The quantitative estimate of drug-likeness (QED) is 0.889. The molecule has 2 nitrogen and oxygen atoms in total. The Morgan fingerprint density at radius 2 is 2.06 bits per heavy atom. The van der Waals surface area contributed by atoms with Crippen LogP contribution in [0.5, 0.6) is 0 Å². The summed E-state index contributed by atoms with van der Waals surface area (Å²) in [4.78, 5) is 2.39. The topological polar surface area (TPSA) is 15.3 Å². The van der Waals surface area contributed by atoms with Gasteiger partial charge in [-0.15, -0.1) is 0 Å². The van der Waals surface area contributed by atoms with Gasteiger partial charge in [-0.25, -0.2) is 0 Å². The van der Waals surface area contributed by atoms with E-state index in [9.17, 15) is 0 Å². The molecule has 1 aromatic rings. The smallest absolute Gasteiger partial charge is 0.0825 e. The van der Waals surface area contributed by atoms with Crippen molar-refractivity contribution in [3.05, 3.63) is 28.2 Å². The van der Waals surface area contributed by atoms with Gasteiger partial charge in [0.15, 0.2) is 0 Å². The summed E-state index contributed by atoms with van der Waals surface area (Å²) in [6, 6.07) is 6.78. The fraction of sp³-hybridized carbons (Fsp3) is 0.571. The molecule has 2 rings (SSSR count). The van der Waals surface area contributed by atoms with Gasteiger partial charge in [0.25, 0.3) is 0 Å². The van der Waals surface area contributed by atoms with Gasteiger partial charge < -0.3 is 10.2 Å². The fourth-order valence-corrected chi connectivity index (χ4v) is 2.92. The second-order valence-corrected chi connectivity index (χ2v) is 6.13. The molecule has 1 fully saturated rings. The van der Waals surface area contributed by atoms with Crippen LogP contribution in [-0.4, -0.2) is 25.2 Å². The Morgan fingerprint density at radius 1 is 1.33 bits per heavy atom. The van der Waals surface area contributed by atoms with Crippen molar-refractivity contribution in [2.24, 2.45) is 5.92 Å². The maximum atomic E-state index is 6.35. The lowest BCUT2D eigenvalue weighted by Gasteiger charge is -2.43. The van der Waals surface area contributed by atoms with Crippen LogP contribution in [0.1, 0.15) is 20.8 Å². The molecular formula is C14H20Cl2N2. The Kier molecular flexibility index (Phi) is 4.41. The molecule has 0 spiro atoms. The molecule has 4 heteroatoms. The van der Waals surface area contributed by atoms with Crippen molar-refractivity contribution in [2.75, 3.05) is 18.0 Å². The molecule has 0 saturated carbocycles. The molecule has 100 valence electrons. The monoisotopic (exact) mass is 286 g/mol. The van der Waals surface area contributed by atoms with Crippen LogP contribution in [0.25, 0.3) is 0 Å². The number of benzene rings is 1. The Bertz CT molecular complexity index is 420. The van der Waals surface area contributed by atoms with Gasteiger partial charge in [0.2, 0.25) is 0 Å². The van der Waals surface area contributed by atoms with Gasteiger partial charge in [-0.1, -0.05) is 43.1 Å². The molecule has 1 heterocycles. The zero-order valence-corrected chi connectivity index (χ0v) is 12.6. The maximum absolute atomic E-state index is 6.35. The molecule has 18 heavy (non-hydrogen) atoms. The highest BCUT2D eigenvalue weighted by molar-refractivity contribution is 6.43. The molecule has 0 bridgehead atoms. The number of piperazine rings is 1. The van der Waals surface area contributed by atoms with E-state index in [0.717, 1.165) is 18.8 Å². The molecule has 0 aliphatic carbocycles. The van der Waals surface area contributed by atoms with Crippen molar-refractivity contribution in [1.82, 2.24) is 5.32 Å². The average Bonchev–Trinajstić information content (AvgIpc) is 2.32. The van der Waals surface area contributed by atoms with Crippen molar-refractivity contribution in [2.45, 2.75) is 32.9 Å². The van der Waals surface area contributed by atoms with E-state index in [1.165, 1.54) is 0 Å². The molecule has 1 saturated heterocycles. The molecule has 0 aromatic heterocycles. The summed E-state index contributed by atoms with van der Waals surface area (Å²) in [5.74, 6) is 0.569. The largest absolute Gasteiger partial charge is 0.364 e. The lowest BCUT2D eigenvalue weighted by Crippen LogP contribution is -2.57. The van der Waals surface area contributed by atoms with E-state index in [0.29, 0.717) is 28.0 Å². The third kappa shape index (κ3) is 2.76. The van der Waals surface area contributed by atoms with E-state index in [1.54, 1.807) is 0 Å². The van der Waals surface area contributed by atoms with Gasteiger partial charge in [0.1, 0.15) is 0 Å². The number of anilines is 1. The van der Waals surface area contributed by atoms with Crippen molar-refractivity contribution < 1.29 is 0 Å². The highest BCUT2D eigenvalue weighted by Gasteiger charge is 2.29. The van der Waals surface area contributed by atoms with Crippen LogP contribution >= 0.6 is 23.2 Å². The van der Waals surface area contributed by atoms with E-state index >= 15 is 0 Å². The van der Waals surface area contributed by atoms with Crippen LogP contribution in [0.3, 0.4) is 0 Å². The summed E-state index contributed by atoms with van der Waals surface area (Å²) in [5.41, 5.74) is 1.05. The Morgan fingerprint density at radius 3 is 2.72 bits per heavy atom. The van der Waals surface area contributed by atoms with Gasteiger partial charge in [-0.2, -0.15) is 0 Å². The van der Waals surface area contributed by atoms with Crippen molar-refractivity contribution in [1.29, 1.82) is 0 Å². The first-order valence-corrected chi connectivity index (χ1v) is 7.20. The van der Waals surface area contributed by atoms with Crippen LogP contribution in [0, 0.1) is 5.92 Å². The molecule has 1 aromatic carbocycles. The van der Waals surface area contributed by atoms with Crippen LogP contribution < -0.4 is 10.2 Å². The minimum absolute atomic E-state index is 0.456. The molecule has 0 radical (unpaired) electrons. The van der Waals surface area contributed by atoms with E-state index in [2.05, 4.69) is 37.1 Å². The fourth-order valence-electron chi connectivity index (χ4n) is 2.51. The number of rotatable bonds is 2. The molecule has 1 aliphatic heterocycles. The third-order valence-corrected chi connectivity index (χ3v) is 4.37. The Labute approximate surface area is 119 Å². The minimum atomic E-state index is 0.456. The SMILES string of the molecule is CC1CN(c2cccc(Cl)c2Cl)C(C(C)C)CN1. The first-order chi connectivity index (χ1) is 8.50. The summed E-state index contributed by atoms with van der Waals surface area (Å²) >= 11 is 12.5. The zero-order valence-electron chi connectivity index (χ0n) is 11.1. The van der Waals surface area contributed by atoms with Gasteiger partial charge in [0, 0.05) is 25.2 Å². The Balaban J connectivity index is 2.35. The standard InChI is InChI=1S/C14H20Cl2N2/c1-9(2)13-7-17-10(3)8-18(13)12-6-4-5-11(15)14(12)16/h4-6,9-10,13,17H,7-8H2,1-3H3. The van der Waals surface area contributed by atoms with Gasteiger partial charge in [0.05, 0.1) is 15.7 Å². The van der Waals surface area contributed by atoms with Crippen molar-refractivity contribution >= 4 is 28.9 Å². The number of nitrogens with one attached hydrogen (secondary N) is 1. The highest BCUT2D eigenvalue weighted by Crippen LogP contribution is 2.35. The number of hydrogen-bond acceptors (Lipinski definition) is 2. The molecule has 2 unspecified atom stereocenters. The summed E-state index contributed by atoms with van der Waals surface area (Å²) < 4.78 is 0. The van der Waals surface area contributed by atoms with Crippen LogP contribution in [0.15, 0.2) is 18.2 Å². The van der Waals surface area contributed by atoms with E-state index in [4.69, 9.17) is 23.2 Å². The third-order valence-electron chi connectivity index (χ3n) is 3.56. The van der Waals surface area contributed by atoms with Crippen molar-refractivity contribution in [3.8, 4) is 0 Å². The first kappa shape index (κ1) is 14.0. The highest BCUT2D eigenvalue weighted by atomic mass is 35.5. The zero-order chi connectivity index (χ0) is 13.3. The van der Waals surface area contributed by atoms with Crippen molar-refractivity contribution in [3.63, 3.8) is 0 Å². The lowest BCUT2D eigenvalue weighted by molar-refractivity contribution is 0.349. The molecule has 1 aliphatic rings. The van der Waals surface area contributed by atoms with Gasteiger partial charge >= 0.3 is 0 Å². The van der Waals surface area contributed by atoms with Crippen LogP contribution in [-0.2, 0) is 0 Å². The predicted molar refractivity (Wildman–Crippen MR) is 79.9 cm³/mol. The summed E-state index contributed by atoms with van der Waals surface area (Å²) in [6.07, 6.45) is 0. The number of halogens is 2. The molecule has 0 amide bonds. The van der Waals surface area contributed by atoms with Crippen LogP contribution in [0.2, 0.25) is 10.0 Å². The maximum Gasteiger partial charge on any atom is 0.0825 e. The van der Waals surface area contributed by atoms with E-state index in [1.807, 2.05) is 12.1 Å². The first-order valence-electron chi connectivity index (χ1n) is 6.44. The average molecular weight is 287 g/mol. The second-order valence-electron chi connectivity index (χ2n) is 5.35. The summed E-state index contributed by atoms with van der Waals surface area (Å²) in [6.45, 7) is 8.63. The number of hydrogen-bond donors (Lipinski definition) is 1. The van der Waals surface area contributed by atoms with Crippen LogP contribution in [0.4, 0.5) is 5.69 Å². The summed E-state index contributed by atoms with van der Waals surface area (Å²) in [7, 11) is 0. The normalized spacial score (nSPS) is 24.7. The minimum Gasteiger partial charge on any atom is -0.364 e. The predicted octanol–water partition coefficient (Wildman–Crippen LogP) is 3.82. The lowest BCUT2D eigenvalue weighted by atomic mass is 9.98. The second kappa shape index (κ2) is 5.68. The molecular weight excluding hydrogens is 267 g/mol. The molecule has 1 N–H and O–H groups in total.